The predicted molar refractivity (Wildman–Crippen MR) is 80.9 cm³/mol. The average molecular weight is 310 g/mol. The van der Waals surface area contributed by atoms with Crippen molar-refractivity contribution in [3.05, 3.63) is 29.6 Å². The molecule has 0 aliphatic carbocycles. The Morgan fingerprint density at radius 1 is 1.33 bits per heavy atom. The molecule has 0 radical (unpaired) electrons. The van der Waals surface area contributed by atoms with Crippen molar-refractivity contribution < 1.29 is 13.2 Å². The number of nitrogens with one attached hydrogen (secondary N) is 1. The maximum Gasteiger partial charge on any atom is 0.265 e. The number of aromatic nitrogens is 2. The van der Waals surface area contributed by atoms with Gasteiger partial charge in [0.1, 0.15) is 10.6 Å². The second-order valence-electron chi connectivity index (χ2n) is 4.69. The lowest BCUT2D eigenvalue weighted by Gasteiger charge is -2.11. The van der Waals surface area contributed by atoms with Crippen molar-refractivity contribution in [3.8, 4) is 5.75 Å². The molecule has 1 aromatic heterocycles. The second kappa shape index (κ2) is 5.28. The first-order valence-corrected chi connectivity index (χ1v) is 7.71. The summed E-state index contributed by atoms with van der Waals surface area (Å²) in [7, 11) is -0.548. The monoisotopic (exact) mass is 310 g/mol. The van der Waals surface area contributed by atoms with Gasteiger partial charge in [-0.2, -0.15) is 5.10 Å². The van der Waals surface area contributed by atoms with Gasteiger partial charge in [-0.15, -0.1) is 0 Å². The molecule has 1 heterocycles. The second-order valence-corrected chi connectivity index (χ2v) is 6.31. The SMILES string of the molecule is COc1cc(NS(=O)(=O)c2c(C)nn(C)c2C)ccc1N. The van der Waals surface area contributed by atoms with Gasteiger partial charge in [-0.1, -0.05) is 0 Å². The molecule has 0 aliphatic rings. The highest BCUT2D eigenvalue weighted by atomic mass is 32.2. The van der Waals surface area contributed by atoms with E-state index in [1.54, 1.807) is 33.0 Å². The van der Waals surface area contributed by atoms with Crippen LogP contribution in [0.3, 0.4) is 0 Å². The summed E-state index contributed by atoms with van der Waals surface area (Å²) in [5, 5.41) is 4.12. The third-order valence-corrected chi connectivity index (χ3v) is 4.83. The summed E-state index contributed by atoms with van der Waals surface area (Å²) < 4.78 is 34.1. The van der Waals surface area contributed by atoms with E-state index in [0.29, 0.717) is 28.5 Å². The number of nitrogens with two attached hydrogens (primary N) is 1. The number of nitrogens with zero attached hydrogens (tertiary/aromatic N) is 2. The van der Waals surface area contributed by atoms with Crippen LogP contribution in [0.25, 0.3) is 0 Å². The lowest BCUT2D eigenvalue weighted by Crippen LogP contribution is -2.15. The Morgan fingerprint density at radius 3 is 2.52 bits per heavy atom. The van der Waals surface area contributed by atoms with Gasteiger partial charge in [-0.3, -0.25) is 9.40 Å². The molecule has 0 unspecified atom stereocenters. The molecule has 1 aromatic carbocycles. The quantitative estimate of drug-likeness (QED) is 0.832. The van der Waals surface area contributed by atoms with Gasteiger partial charge in [-0.05, 0) is 26.0 Å². The van der Waals surface area contributed by atoms with Crippen molar-refractivity contribution in [1.82, 2.24) is 9.78 Å². The summed E-state index contributed by atoms with van der Waals surface area (Å²) in [6, 6.07) is 4.70. The van der Waals surface area contributed by atoms with Crippen molar-refractivity contribution in [2.24, 2.45) is 7.05 Å². The van der Waals surface area contributed by atoms with Crippen molar-refractivity contribution in [1.29, 1.82) is 0 Å². The summed E-state index contributed by atoms with van der Waals surface area (Å²) in [4.78, 5) is 0.181. The lowest BCUT2D eigenvalue weighted by atomic mass is 10.2. The van der Waals surface area contributed by atoms with Crippen LogP contribution in [0, 0.1) is 13.8 Å². The molecule has 0 aliphatic heterocycles. The summed E-state index contributed by atoms with van der Waals surface area (Å²) in [5.41, 5.74) is 7.55. The fourth-order valence-corrected chi connectivity index (χ4v) is 3.61. The lowest BCUT2D eigenvalue weighted by molar-refractivity contribution is 0.417. The zero-order chi connectivity index (χ0) is 15.8. The summed E-state index contributed by atoms with van der Waals surface area (Å²) >= 11 is 0. The first-order chi connectivity index (χ1) is 9.76. The van der Waals surface area contributed by atoms with Crippen molar-refractivity contribution in [2.45, 2.75) is 18.7 Å². The minimum atomic E-state index is -3.72. The van der Waals surface area contributed by atoms with Crippen LogP contribution in [0.1, 0.15) is 11.4 Å². The van der Waals surface area contributed by atoms with Crippen LogP contribution in [-0.2, 0) is 17.1 Å². The smallest absolute Gasteiger partial charge is 0.265 e. The van der Waals surface area contributed by atoms with Gasteiger partial charge in [0.15, 0.2) is 0 Å². The fourth-order valence-electron chi connectivity index (χ4n) is 2.12. The molecule has 8 heteroatoms. The Balaban J connectivity index is 2.42. The van der Waals surface area contributed by atoms with E-state index in [2.05, 4.69) is 9.82 Å². The zero-order valence-electron chi connectivity index (χ0n) is 12.3. The molecule has 3 N–H and O–H groups in total. The van der Waals surface area contributed by atoms with Gasteiger partial charge < -0.3 is 10.5 Å². The van der Waals surface area contributed by atoms with Crippen LogP contribution < -0.4 is 15.2 Å². The van der Waals surface area contributed by atoms with Crippen LogP contribution in [0.15, 0.2) is 23.1 Å². The average Bonchev–Trinajstić information content (AvgIpc) is 2.65. The number of hydrogen-bond donors (Lipinski definition) is 2. The number of rotatable bonds is 4. The maximum atomic E-state index is 12.5. The molecule has 0 amide bonds. The highest BCUT2D eigenvalue weighted by molar-refractivity contribution is 7.92. The Labute approximate surface area is 123 Å². The van der Waals surface area contributed by atoms with Crippen molar-refractivity contribution in [2.75, 3.05) is 17.6 Å². The molecule has 2 aromatic rings. The topological polar surface area (TPSA) is 99.2 Å². The highest BCUT2D eigenvalue weighted by Gasteiger charge is 2.24. The van der Waals surface area contributed by atoms with Gasteiger partial charge in [0.2, 0.25) is 0 Å². The van der Waals surface area contributed by atoms with Crippen LogP contribution in [0.2, 0.25) is 0 Å². The molecule has 0 saturated carbocycles. The minimum Gasteiger partial charge on any atom is -0.495 e. The van der Waals surface area contributed by atoms with E-state index in [-0.39, 0.29) is 4.90 Å². The molecule has 0 bridgehead atoms. The number of nitrogen functional groups attached to an aromatic ring is 1. The molecule has 0 atom stereocenters. The molecule has 0 fully saturated rings. The van der Waals surface area contributed by atoms with E-state index in [1.165, 1.54) is 17.9 Å². The van der Waals surface area contributed by atoms with Gasteiger partial charge >= 0.3 is 0 Å². The van der Waals surface area contributed by atoms with Gasteiger partial charge in [0.25, 0.3) is 10.0 Å². The standard InChI is InChI=1S/C13H18N4O3S/c1-8-13(9(2)17(3)15-8)21(18,19)16-10-5-6-11(14)12(7-10)20-4/h5-7,16H,14H2,1-4H3. The molecule has 7 nitrogen and oxygen atoms in total. The third-order valence-electron chi connectivity index (χ3n) is 3.20. The number of anilines is 2. The zero-order valence-corrected chi connectivity index (χ0v) is 13.2. The van der Waals surface area contributed by atoms with E-state index in [1.807, 2.05) is 0 Å². The first-order valence-electron chi connectivity index (χ1n) is 6.23. The minimum absolute atomic E-state index is 0.181. The fraction of sp³-hybridized carbons (Fsp3) is 0.308. The predicted octanol–water partition coefficient (Wildman–Crippen LogP) is 1.43. The number of ether oxygens (including phenoxy) is 1. The molecule has 21 heavy (non-hydrogen) atoms. The van der Waals surface area contributed by atoms with Crippen LogP contribution in [-0.4, -0.2) is 25.3 Å². The number of hydrogen-bond acceptors (Lipinski definition) is 5. The van der Waals surface area contributed by atoms with E-state index < -0.39 is 10.0 Å². The van der Waals surface area contributed by atoms with Crippen LogP contribution in [0.4, 0.5) is 11.4 Å². The molecule has 114 valence electrons. The van der Waals surface area contributed by atoms with Crippen LogP contribution in [0.5, 0.6) is 5.75 Å². The Bertz CT molecular complexity index is 781. The highest BCUT2D eigenvalue weighted by Crippen LogP contribution is 2.27. The van der Waals surface area contributed by atoms with Gasteiger partial charge in [0, 0.05) is 13.1 Å². The largest absolute Gasteiger partial charge is 0.495 e. The normalized spacial score (nSPS) is 11.4. The summed E-state index contributed by atoms with van der Waals surface area (Å²) in [6.45, 7) is 3.36. The van der Waals surface area contributed by atoms with E-state index >= 15 is 0 Å². The number of methoxy groups -OCH3 is 1. The number of sulfonamides is 1. The molecule has 2 rings (SSSR count). The summed E-state index contributed by atoms with van der Waals surface area (Å²) in [6.07, 6.45) is 0. The Morgan fingerprint density at radius 2 is 2.00 bits per heavy atom. The van der Waals surface area contributed by atoms with Crippen molar-refractivity contribution >= 4 is 21.4 Å². The van der Waals surface area contributed by atoms with E-state index in [9.17, 15) is 8.42 Å². The molecule has 0 saturated heterocycles. The Kier molecular flexibility index (Phi) is 3.82. The van der Waals surface area contributed by atoms with Crippen molar-refractivity contribution in [3.63, 3.8) is 0 Å². The van der Waals surface area contributed by atoms with E-state index in [4.69, 9.17) is 10.5 Å². The number of aryl methyl sites for hydroxylation is 2. The first kappa shape index (κ1) is 15.2. The van der Waals surface area contributed by atoms with E-state index in [0.717, 1.165) is 0 Å². The number of benzene rings is 1. The molecular formula is C13H18N4O3S. The van der Waals surface area contributed by atoms with Gasteiger partial charge in [0.05, 0.1) is 29.9 Å². The molecule has 0 spiro atoms. The van der Waals surface area contributed by atoms with Gasteiger partial charge in [-0.25, -0.2) is 8.42 Å². The third kappa shape index (κ3) is 2.80. The maximum absolute atomic E-state index is 12.5. The molecular weight excluding hydrogens is 292 g/mol. The van der Waals surface area contributed by atoms with Crippen LogP contribution >= 0.6 is 0 Å². The summed E-state index contributed by atoms with van der Waals surface area (Å²) in [5.74, 6) is 0.412. The Hall–Kier alpha value is -2.22.